The Morgan fingerprint density at radius 3 is 2.36 bits per heavy atom. The second kappa shape index (κ2) is 8.17. The molecule has 3 N–H and O–H groups in total. The fraction of sp³-hybridized carbons (Fsp3) is 0.360. The van der Waals surface area contributed by atoms with Gasteiger partial charge in [-0.05, 0) is 43.9 Å². The van der Waals surface area contributed by atoms with E-state index in [4.69, 9.17) is 10.8 Å². The number of anilines is 1. The molecule has 2 aromatic carbocycles. The molecule has 174 valence electrons. The van der Waals surface area contributed by atoms with Gasteiger partial charge in [-0.1, -0.05) is 32.0 Å². The van der Waals surface area contributed by atoms with Crippen LogP contribution in [0.3, 0.4) is 0 Å². The first-order chi connectivity index (χ1) is 15.6. The zero-order valence-electron chi connectivity index (χ0n) is 19.2. The van der Waals surface area contributed by atoms with Gasteiger partial charge in [0.05, 0.1) is 29.3 Å². The average Bonchev–Trinajstić information content (AvgIpc) is 3.10. The Morgan fingerprint density at radius 2 is 1.79 bits per heavy atom. The molecule has 0 aliphatic carbocycles. The standard InChI is InChI=1S/C25H28F2N4O2/c1-5-14-8-7-9-15(6-2)22(14)31-23(16-10-19(27)20(28)11-18(16)26)17-13-30(24(32)33)25(3,4)12-21(17)29-31/h7-11H,5-6,12-13,28H2,1-4H3,(H,32,33). The summed E-state index contributed by atoms with van der Waals surface area (Å²) >= 11 is 0. The van der Waals surface area contributed by atoms with Gasteiger partial charge >= 0.3 is 6.09 Å². The van der Waals surface area contributed by atoms with E-state index in [0.29, 0.717) is 23.4 Å². The van der Waals surface area contributed by atoms with Crippen LogP contribution in [0, 0.1) is 11.6 Å². The van der Waals surface area contributed by atoms with E-state index in [1.54, 1.807) is 4.68 Å². The number of fused-ring (bicyclic) bond motifs is 1. The predicted molar refractivity (Wildman–Crippen MR) is 123 cm³/mol. The van der Waals surface area contributed by atoms with Gasteiger partial charge in [-0.15, -0.1) is 0 Å². The normalized spacial score (nSPS) is 14.9. The fourth-order valence-corrected chi connectivity index (χ4v) is 4.68. The van der Waals surface area contributed by atoms with Crippen molar-refractivity contribution >= 4 is 11.8 Å². The van der Waals surface area contributed by atoms with Gasteiger partial charge in [0, 0.05) is 29.2 Å². The molecule has 0 bridgehead atoms. The number of hydrogen-bond acceptors (Lipinski definition) is 3. The quantitative estimate of drug-likeness (QED) is 0.521. The summed E-state index contributed by atoms with van der Waals surface area (Å²) in [6.07, 6.45) is 0.719. The molecule has 0 fully saturated rings. The number of hydrogen-bond donors (Lipinski definition) is 2. The largest absolute Gasteiger partial charge is 0.465 e. The van der Waals surface area contributed by atoms with Gasteiger partial charge in [-0.3, -0.25) is 4.90 Å². The van der Waals surface area contributed by atoms with Crippen molar-refractivity contribution in [2.45, 2.75) is 59.0 Å². The highest BCUT2D eigenvalue weighted by atomic mass is 19.1. The first-order valence-electron chi connectivity index (χ1n) is 11.1. The van der Waals surface area contributed by atoms with Crippen LogP contribution in [0.4, 0.5) is 19.3 Å². The van der Waals surface area contributed by atoms with Crippen LogP contribution >= 0.6 is 0 Å². The van der Waals surface area contributed by atoms with Gasteiger partial charge in [0.25, 0.3) is 0 Å². The number of carboxylic acid groups (broad SMARTS) is 1. The van der Waals surface area contributed by atoms with Crippen LogP contribution in [0.1, 0.15) is 50.1 Å². The number of para-hydroxylation sites is 1. The molecule has 2 heterocycles. The van der Waals surface area contributed by atoms with Crippen molar-refractivity contribution in [3.05, 3.63) is 64.4 Å². The van der Waals surface area contributed by atoms with Crippen LogP contribution in [0.15, 0.2) is 30.3 Å². The first-order valence-corrected chi connectivity index (χ1v) is 11.1. The minimum atomic E-state index is -1.07. The molecule has 0 saturated carbocycles. The summed E-state index contributed by atoms with van der Waals surface area (Å²) < 4.78 is 31.4. The molecule has 0 unspecified atom stereocenters. The van der Waals surface area contributed by atoms with Crippen molar-refractivity contribution in [1.82, 2.24) is 14.7 Å². The van der Waals surface area contributed by atoms with Gasteiger partial charge in [0.15, 0.2) is 0 Å². The lowest BCUT2D eigenvalue weighted by Crippen LogP contribution is -2.50. The highest BCUT2D eigenvalue weighted by Crippen LogP contribution is 2.40. The number of amides is 1. The number of halogens is 2. The molecule has 0 atom stereocenters. The zero-order valence-corrected chi connectivity index (χ0v) is 19.2. The molecule has 0 spiro atoms. The molecule has 4 rings (SSSR count). The highest BCUT2D eigenvalue weighted by Gasteiger charge is 2.40. The summed E-state index contributed by atoms with van der Waals surface area (Å²) in [4.78, 5) is 13.3. The number of nitrogens with two attached hydrogens (primary N) is 1. The Hall–Kier alpha value is -3.42. The molecule has 33 heavy (non-hydrogen) atoms. The lowest BCUT2D eigenvalue weighted by molar-refractivity contribution is 0.0797. The molecule has 8 heteroatoms. The van der Waals surface area contributed by atoms with Crippen LogP contribution in [0.2, 0.25) is 0 Å². The maximum absolute atomic E-state index is 15.2. The lowest BCUT2D eigenvalue weighted by atomic mass is 9.88. The molecule has 1 amide bonds. The van der Waals surface area contributed by atoms with E-state index in [1.165, 1.54) is 4.90 Å². The Bertz CT molecular complexity index is 1230. The van der Waals surface area contributed by atoms with Gasteiger partial charge < -0.3 is 10.8 Å². The van der Waals surface area contributed by atoms with Crippen LogP contribution < -0.4 is 5.73 Å². The molecule has 1 aliphatic rings. The average molecular weight is 455 g/mol. The fourth-order valence-electron chi connectivity index (χ4n) is 4.68. The third-order valence-electron chi connectivity index (χ3n) is 6.46. The number of aryl methyl sites for hydroxylation is 2. The summed E-state index contributed by atoms with van der Waals surface area (Å²) in [5.74, 6) is -1.42. The van der Waals surface area contributed by atoms with Crippen LogP contribution in [-0.2, 0) is 25.8 Å². The number of carbonyl (C=O) groups is 1. The van der Waals surface area contributed by atoms with Crippen molar-refractivity contribution in [3.8, 4) is 16.9 Å². The molecule has 1 aromatic heterocycles. The molecule has 0 saturated heterocycles. The lowest BCUT2D eigenvalue weighted by Gasteiger charge is -2.39. The van der Waals surface area contributed by atoms with E-state index in [9.17, 15) is 14.3 Å². The third-order valence-corrected chi connectivity index (χ3v) is 6.46. The molecular formula is C25H28F2N4O2. The van der Waals surface area contributed by atoms with E-state index >= 15 is 4.39 Å². The van der Waals surface area contributed by atoms with Gasteiger partial charge in [0.2, 0.25) is 0 Å². The van der Waals surface area contributed by atoms with E-state index < -0.39 is 23.3 Å². The van der Waals surface area contributed by atoms with Gasteiger partial charge in [0.1, 0.15) is 11.6 Å². The van der Waals surface area contributed by atoms with Gasteiger partial charge in [-0.25, -0.2) is 18.3 Å². The summed E-state index contributed by atoms with van der Waals surface area (Å²) in [7, 11) is 0. The highest BCUT2D eigenvalue weighted by molar-refractivity contribution is 5.73. The van der Waals surface area contributed by atoms with Crippen LogP contribution in [0.5, 0.6) is 0 Å². The Morgan fingerprint density at radius 1 is 1.15 bits per heavy atom. The van der Waals surface area contributed by atoms with E-state index in [-0.39, 0.29) is 17.8 Å². The Kier molecular flexibility index (Phi) is 5.64. The van der Waals surface area contributed by atoms with Crippen molar-refractivity contribution in [2.75, 3.05) is 5.73 Å². The molecular weight excluding hydrogens is 426 g/mol. The van der Waals surface area contributed by atoms with Crippen molar-refractivity contribution < 1.29 is 18.7 Å². The number of rotatable bonds is 4. The maximum Gasteiger partial charge on any atom is 0.408 e. The smallest absolute Gasteiger partial charge is 0.408 e. The monoisotopic (exact) mass is 454 g/mol. The Labute approximate surface area is 191 Å². The molecule has 6 nitrogen and oxygen atoms in total. The summed E-state index contributed by atoms with van der Waals surface area (Å²) in [6.45, 7) is 7.75. The van der Waals surface area contributed by atoms with Crippen molar-refractivity contribution in [1.29, 1.82) is 0 Å². The van der Waals surface area contributed by atoms with Crippen molar-refractivity contribution in [3.63, 3.8) is 0 Å². The van der Waals surface area contributed by atoms with Gasteiger partial charge in [-0.2, -0.15) is 5.10 Å². The molecule has 0 radical (unpaired) electrons. The minimum absolute atomic E-state index is 0.00783. The Balaban J connectivity index is 2.09. The molecule has 1 aliphatic heterocycles. The van der Waals surface area contributed by atoms with E-state index in [2.05, 4.69) is 0 Å². The maximum atomic E-state index is 15.2. The third kappa shape index (κ3) is 3.73. The second-order valence-corrected chi connectivity index (χ2v) is 9.03. The predicted octanol–water partition coefficient (Wildman–Crippen LogP) is 5.34. The SMILES string of the molecule is CCc1cccc(CC)c1-n1nc2c(c1-c1cc(F)c(N)cc1F)CN(C(=O)O)C(C)(C)C2. The summed E-state index contributed by atoms with van der Waals surface area (Å²) in [6, 6.07) is 7.99. The zero-order chi connectivity index (χ0) is 24.1. The van der Waals surface area contributed by atoms with Crippen LogP contribution in [0.25, 0.3) is 16.9 Å². The topological polar surface area (TPSA) is 84.4 Å². The number of nitrogen functional groups attached to an aromatic ring is 1. The molecule has 3 aromatic rings. The van der Waals surface area contributed by atoms with Crippen LogP contribution in [-0.4, -0.2) is 31.4 Å². The summed E-state index contributed by atoms with van der Waals surface area (Å²) in [5.41, 5.74) is 9.09. The summed E-state index contributed by atoms with van der Waals surface area (Å²) in [5, 5.41) is 14.7. The van der Waals surface area contributed by atoms with Crippen molar-refractivity contribution in [2.24, 2.45) is 0 Å². The minimum Gasteiger partial charge on any atom is -0.465 e. The van der Waals surface area contributed by atoms with E-state index in [1.807, 2.05) is 45.9 Å². The van der Waals surface area contributed by atoms with E-state index in [0.717, 1.165) is 41.8 Å². The number of nitrogens with zero attached hydrogens (tertiary/aromatic N) is 3. The second-order valence-electron chi connectivity index (χ2n) is 9.03. The first kappa shape index (κ1) is 22.8. The number of aromatic nitrogens is 2. The number of benzene rings is 2.